The van der Waals surface area contributed by atoms with Gasteiger partial charge < -0.3 is 9.64 Å². The zero-order valence-electron chi connectivity index (χ0n) is 19.1. The number of ether oxygens (including phenoxy) is 1. The summed E-state index contributed by atoms with van der Waals surface area (Å²) in [5, 5.41) is 7.96. The SMILES string of the molecule is CC(C)(C1CCOCC1)N1CCC(Cc2ccn3ncc(N4C=CCNC4)c3c2)CC1. The van der Waals surface area contributed by atoms with E-state index in [0.29, 0.717) is 0 Å². The highest BCUT2D eigenvalue weighted by atomic mass is 16.5. The van der Waals surface area contributed by atoms with Crippen molar-refractivity contribution in [2.45, 2.75) is 51.5 Å². The molecule has 168 valence electrons. The number of hydrogen-bond acceptors (Lipinski definition) is 5. The van der Waals surface area contributed by atoms with Gasteiger partial charge >= 0.3 is 0 Å². The van der Waals surface area contributed by atoms with E-state index in [1.54, 1.807) is 0 Å². The lowest BCUT2D eigenvalue weighted by Gasteiger charge is -2.48. The maximum atomic E-state index is 5.60. The zero-order chi connectivity index (χ0) is 21.3. The van der Waals surface area contributed by atoms with Gasteiger partial charge in [-0.1, -0.05) is 6.08 Å². The van der Waals surface area contributed by atoms with Crippen molar-refractivity contribution in [2.75, 3.05) is 44.4 Å². The third-order valence-electron chi connectivity index (χ3n) is 7.88. The smallest absolute Gasteiger partial charge is 0.0902 e. The summed E-state index contributed by atoms with van der Waals surface area (Å²) in [6.45, 7) is 11.0. The molecule has 1 N–H and O–H groups in total. The summed E-state index contributed by atoms with van der Waals surface area (Å²) in [4.78, 5) is 5.00. The molecule has 0 spiro atoms. The first-order valence-corrected chi connectivity index (χ1v) is 12.0. The number of aromatic nitrogens is 2. The Morgan fingerprint density at radius 1 is 1.16 bits per heavy atom. The van der Waals surface area contributed by atoms with Gasteiger partial charge in [-0.3, -0.25) is 10.2 Å². The Balaban J connectivity index is 1.23. The van der Waals surface area contributed by atoms with Crippen molar-refractivity contribution in [1.82, 2.24) is 19.8 Å². The number of pyridine rings is 1. The van der Waals surface area contributed by atoms with Crippen LogP contribution < -0.4 is 10.2 Å². The van der Waals surface area contributed by atoms with Gasteiger partial charge in [0.2, 0.25) is 0 Å². The van der Waals surface area contributed by atoms with E-state index >= 15 is 0 Å². The molecule has 0 aliphatic carbocycles. The number of hydrogen-bond donors (Lipinski definition) is 1. The molecule has 31 heavy (non-hydrogen) atoms. The van der Waals surface area contributed by atoms with E-state index in [1.165, 1.54) is 62.0 Å². The van der Waals surface area contributed by atoms with Crippen LogP contribution in [0.15, 0.2) is 36.8 Å². The van der Waals surface area contributed by atoms with E-state index < -0.39 is 0 Å². The highest BCUT2D eigenvalue weighted by molar-refractivity contribution is 5.74. The maximum Gasteiger partial charge on any atom is 0.0902 e. The fourth-order valence-corrected chi connectivity index (χ4v) is 5.74. The molecular weight excluding hydrogens is 386 g/mol. The average molecular weight is 424 g/mol. The van der Waals surface area contributed by atoms with E-state index in [4.69, 9.17) is 4.74 Å². The third-order valence-corrected chi connectivity index (χ3v) is 7.88. The Labute approximate surface area is 186 Å². The molecule has 0 bridgehead atoms. The van der Waals surface area contributed by atoms with Gasteiger partial charge in [0.05, 0.1) is 24.1 Å². The largest absolute Gasteiger partial charge is 0.381 e. The van der Waals surface area contributed by atoms with Gasteiger partial charge in [-0.05, 0) is 88.6 Å². The van der Waals surface area contributed by atoms with Gasteiger partial charge in [-0.25, -0.2) is 4.52 Å². The maximum absolute atomic E-state index is 5.60. The molecule has 5 rings (SSSR count). The summed E-state index contributed by atoms with van der Waals surface area (Å²) in [5.74, 6) is 1.53. The molecule has 0 atom stereocenters. The Morgan fingerprint density at radius 3 is 2.71 bits per heavy atom. The minimum Gasteiger partial charge on any atom is -0.381 e. The van der Waals surface area contributed by atoms with Crippen LogP contribution in [0.25, 0.3) is 5.52 Å². The molecule has 0 amide bonds. The van der Waals surface area contributed by atoms with Crippen LogP contribution in [-0.2, 0) is 11.2 Å². The molecule has 2 aromatic rings. The number of anilines is 1. The zero-order valence-corrected chi connectivity index (χ0v) is 19.1. The van der Waals surface area contributed by atoms with Crippen LogP contribution in [0.4, 0.5) is 5.69 Å². The van der Waals surface area contributed by atoms with Crippen molar-refractivity contribution in [3.63, 3.8) is 0 Å². The van der Waals surface area contributed by atoms with Gasteiger partial charge in [-0.15, -0.1) is 0 Å². The average Bonchev–Trinajstić information content (AvgIpc) is 3.24. The molecule has 3 aliphatic rings. The summed E-state index contributed by atoms with van der Waals surface area (Å²) in [6, 6.07) is 4.61. The minimum absolute atomic E-state index is 0.288. The number of nitrogens with zero attached hydrogens (tertiary/aromatic N) is 4. The van der Waals surface area contributed by atoms with Gasteiger partial charge in [0.15, 0.2) is 0 Å². The van der Waals surface area contributed by atoms with E-state index in [-0.39, 0.29) is 5.54 Å². The Bertz CT molecular complexity index is 906. The van der Waals surface area contributed by atoms with Crippen LogP contribution in [0.1, 0.15) is 45.1 Å². The number of rotatable bonds is 5. The summed E-state index contributed by atoms with van der Waals surface area (Å²) >= 11 is 0. The normalized spacial score (nSPS) is 22.5. The van der Waals surface area contributed by atoms with Crippen LogP contribution in [0, 0.1) is 11.8 Å². The van der Waals surface area contributed by atoms with E-state index in [0.717, 1.165) is 38.3 Å². The number of likely N-dealkylation sites (tertiary alicyclic amines) is 1. The summed E-state index contributed by atoms with van der Waals surface area (Å²) in [6.07, 6.45) is 14.6. The highest BCUT2D eigenvalue weighted by Crippen LogP contribution is 2.35. The lowest BCUT2D eigenvalue weighted by atomic mass is 9.78. The second-order valence-corrected chi connectivity index (χ2v) is 10.0. The van der Waals surface area contributed by atoms with Crippen LogP contribution in [0.3, 0.4) is 0 Å². The Hall–Kier alpha value is -1.89. The summed E-state index contributed by atoms with van der Waals surface area (Å²) in [5.41, 5.74) is 4.10. The lowest BCUT2D eigenvalue weighted by molar-refractivity contribution is -0.0246. The van der Waals surface area contributed by atoms with Crippen LogP contribution >= 0.6 is 0 Å². The first-order valence-electron chi connectivity index (χ1n) is 12.0. The lowest BCUT2D eigenvalue weighted by Crippen LogP contribution is -2.53. The minimum atomic E-state index is 0.288. The monoisotopic (exact) mass is 423 g/mol. The molecule has 3 aliphatic heterocycles. The molecule has 2 aromatic heterocycles. The molecule has 5 heterocycles. The molecule has 0 saturated carbocycles. The quantitative estimate of drug-likeness (QED) is 0.795. The van der Waals surface area contributed by atoms with Crippen molar-refractivity contribution in [2.24, 2.45) is 11.8 Å². The predicted molar refractivity (Wildman–Crippen MR) is 125 cm³/mol. The molecule has 6 heteroatoms. The molecule has 6 nitrogen and oxygen atoms in total. The van der Waals surface area contributed by atoms with Crippen molar-refractivity contribution >= 4 is 11.2 Å². The predicted octanol–water partition coefficient (Wildman–Crippen LogP) is 3.67. The van der Waals surface area contributed by atoms with E-state index in [1.807, 2.05) is 10.7 Å². The topological polar surface area (TPSA) is 45.0 Å². The second-order valence-electron chi connectivity index (χ2n) is 10.0. The van der Waals surface area contributed by atoms with Gasteiger partial charge in [0, 0.05) is 37.7 Å². The van der Waals surface area contributed by atoms with Gasteiger partial charge in [0.1, 0.15) is 0 Å². The fourth-order valence-electron chi connectivity index (χ4n) is 5.74. The molecule has 0 aromatic carbocycles. The molecule has 2 fully saturated rings. The molecule has 0 unspecified atom stereocenters. The standard InChI is InChI=1S/C25H37N5O/c1-25(2,22-7-14-31-15-8-22)29-11-4-20(5-12-29)16-21-6-13-30-23(17-21)24(18-27-30)28-10-3-9-26-19-28/h3,6,10,13,17-18,20,22,26H,4-5,7-9,11-12,14-16,19H2,1-2H3. The first kappa shape index (κ1) is 21.0. The number of piperidine rings is 1. The summed E-state index contributed by atoms with van der Waals surface area (Å²) < 4.78 is 7.60. The second kappa shape index (κ2) is 8.93. The van der Waals surface area contributed by atoms with Crippen molar-refractivity contribution in [1.29, 1.82) is 0 Å². The van der Waals surface area contributed by atoms with Crippen LogP contribution in [-0.4, -0.2) is 59.6 Å². The van der Waals surface area contributed by atoms with Gasteiger partial charge in [-0.2, -0.15) is 5.10 Å². The molecular formula is C25H37N5O. The number of fused-ring (bicyclic) bond motifs is 1. The van der Waals surface area contributed by atoms with E-state index in [2.05, 4.69) is 64.7 Å². The third kappa shape index (κ3) is 4.38. The van der Waals surface area contributed by atoms with E-state index in [9.17, 15) is 0 Å². The summed E-state index contributed by atoms with van der Waals surface area (Å²) in [7, 11) is 0. The first-order chi connectivity index (χ1) is 15.1. The van der Waals surface area contributed by atoms with Crippen molar-refractivity contribution in [3.05, 3.63) is 42.4 Å². The van der Waals surface area contributed by atoms with Crippen molar-refractivity contribution < 1.29 is 4.74 Å². The molecule has 0 radical (unpaired) electrons. The molecule has 2 saturated heterocycles. The number of nitrogens with one attached hydrogen (secondary N) is 1. The van der Waals surface area contributed by atoms with Crippen molar-refractivity contribution in [3.8, 4) is 0 Å². The Kier molecular flexibility index (Phi) is 6.04. The van der Waals surface area contributed by atoms with Gasteiger partial charge in [0.25, 0.3) is 0 Å². The fraction of sp³-hybridized carbons (Fsp3) is 0.640. The Morgan fingerprint density at radius 2 is 1.97 bits per heavy atom. The highest BCUT2D eigenvalue weighted by Gasteiger charge is 2.37. The van der Waals surface area contributed by atoms with Crippen LogP contribution in [0.5, 0.6) is 0 Å². The van der Waals surface area contributed by atoms with Crippen LogP contribution in [0.2, 0.25) is 0 Å².